The Balaban J connectivity index is 2.04. The molecule has 0 fully saturated rings. The van der Waals surface area contributed by atoms with Gasteiger partial charge >= 0.3 is 0 Å². The lowest BCUT2D eigenvalue weighted by Crippen LogP contribution is -2.02. The summed E-state index contributed by atoms with van der Waals surface area (Å²) in [6, 6.07) is 10.7. The van der Waals surface area contributed by atoms with E-state index in [-0.39, 0.29) is 0 Å². The van der Waals surface area contributed by atoms with Gasteiger partial charge in [-0.25, -0.2) is 0 Å². The van der Waals surface area contributed by atoms with E-state index in [9.17, 15) is 0 Å². The van der Waals surface area contributed by atoms with Gasteiger partial charge in [-0.05, 0) is 35.5 Å². The molecule has 0 saturated heterocycles. The minimum Gasteiger partial charge on any atom is -0.494 e. The van der Waals surface area contributed by atoms with E-state index < -0.39 is 0 Å². The van der Waals surface area contributed by atoms with Crippen LogP contribution < -0.4 is 4.74 Å². The minimum absolute atomic E-state index is 0.438. The zero-order valence-electron chi connectivity index (χ0n) is 10.6. The maximum absolute atomic E-state index is 5.99. The molecule has 0 aliphatic heterocycles. The molecule has 0 aliphatic carbocycles. The maximum atomic E-state index is 5.99. The van der Waals surface area contributed by atoms with Gasteiger partial charge in [0.05, 0.1) is 7.11 Å². The first-order valence-corrected chi connectivity index (χ1v) is 6.21. The highest BCUT2D eigenvalue weighted by molar-refractivity contribution is 6.30. The van der Waals surface area contributed by atoms with Crippen LogP contribution in [0.3, 0.4) is 0 Å². The number of ether oxygens (including phenoxy) is 1. The van der Waals surface area contributed by atoms with E-state index in [4.69, 9.17) is 16.3 Å². The highest BCUT2D eigenvalue weighted by Crippen LogP contribution is 2.25. The van der Waals surface area contributed by atoms with Crippen LogP contribution in [0.1, 0.15) is 0 Å². The van der Waals surface area contributed by atoms with E-state index in [0.29, 0.717) is 28.0 Å². The first-order valence-electron chi connectivity index (χ1n) is 5.83. The van der Waals surface area contributed by atoms with Gasteiger partial charge < -0.3 is 4.74 Å². The van der Waals surface area contributed by atoms with E-state index in [2.05, 4.69) is 20.4 Å². The molecule has 100 valence electrons. The molecule has 20 heavy (non-hydrogen) atoms. The third-order valence-corrected chi connectivity index (χ3v) is 2.90. The molecular weight excluding hydrogens is 278 g/mol. The summed E-state index contributed by atoms with van der Waals surface area (Å²) in [6.45, 7) is 0. The second-order valence-corrected chi connectivity index (χ2v) is 4.37. The minimum atomic E-state index is 0.438. The van der Waals surface area contributed by atoms with Gasteiger partial charge in [-0.3, -0.25) is 4.98 Å². The third-order valence-electron chi connectivity index (χ3n) is 2.66. The summed E-state index contributed by atoms with van der Waals surface area (Å²) in [5.74, 6) is 1.05. The molecule has 0 N–H and O–H groups in total. The van der Waals surface area contributed by atoms with E-state index in [0.717, 1.165) is 0 Å². The number of nitrogens with zero attached hydrogens (tertiary/aromatic N) is 5. The summed E-state index contributed by atoms with van der Waals surface area (Å²) in [5.41, 5.74) is 1.27. The van der Waals surface area contributed by atoms with E-state index in [1.54, 1.807) is 31.5 Å². The fourth-order valence-corrected chi connectivity index (χ4v) is 1.90. The molecule has 0 atom stereocenters. The predicted octanol–water partition coefficient (Wildman–Crippen LogP) is 2.39. The molecule has 0 bridgehead atoms. The summed E-state index contributed by atoms with van der Waals surface area (Å²) in [4.78, 5) is 5.55. The van der Waals surface area contributed by atoms with E-state index in [1.807, 2.05) is 18.2 Å². The highest BCUT2D eigenvalue weighted by Gasteiger charge is 2.12. The summed E-state index contributed by atoms with van der Waals surface area (Å²) < 4.78 is 5.27. The Morgan fingerprint density at radius 1 is 1.20 bits per heavy atom. The van der Waals surface area contributed by atoms with Crippen LogP contribution in [0.5, 0.6) is 5.75 Å². The molecule has 0 saturated carbocycles. The average molecular weight is 288 g/mol. The molecular formula is C13H10ClN5O. The molecule has 2 aromatic heterocycles. The zero-order valence-corrected chi connectivity index (χ0v) is 11.3. The predicted molar refractivity (Wildman–Crippen MR) is 73.9 cm³/mol. The van der Waals surface area contributed by atoms with E-state index in [1.165, 1.54) is 4.80 Å². The second-order valence-electron chi connectivity index (χ2n) is 3.93. The van der Waals surface area contributed by atoms with Gasteiger partial charge in [-0.15, -0.1) is 15.0 Å². The second kappa shape index (κ2) is 5.26. The van der Waals surface area contributed by atoms with Crippen LogP contribution >= 0.6 is 11.6 Å². The summed E-state index contributed by atoms with van der Waals surface area (Å²) in [7, 11) is 1.57. The fourth-order valence-electron chi connectivity index (χ4n) is 1.73. The van der Waals surface area contributed by atoms with Crippen molar-refractivity contribution in [3.8, 4) is 23.0 Å². The number of pyridine rings is 1. The average Bonchev–Trinajstić information content (AvgIpc) is 2.98. The van der Waals surface area contributed by atoms with Crippen molar-refractivity contribution in [2.45, 2.75) is 0 Å². The van der Waals surface area contributed by atoms with Gasteiger partial charge in [-0.1, -0.05) is 17.7 Å². The molecule has 0 aliphatic rings. The van der Waals surface area contributed by atoms with Crippen LogP contribution in [0.15, 0.2) is 42.6 Å². The number of aromatic nitrogens is 5. The molecule has 1 aromatic carbocycles. The summed E-state index contributed by atoms with van der Waals surface area (Å²) >= 11 is 5.99. The monoisotopic (exact) mass is 287 g/mol. The van der Waals surface area contributed by atoms with Crippen molar-refractivity contribution in [2.24, 2.45) is 0 Å². The molecule has 0 radical (unpaired) electrons. The molecule has 3 rings (SSSR count). The topological polar surface area (TPSA) is 65.7 Å². The quantitative estimate of drug-likeness (QED) is 0.740. The standard InChI is InChI=1S/C13H10ClN5O/c1-20-12-6-5-9(14)8-11(12)19-17-13(16-18-19)10-4-2-3-7-15-10/h2-8H,1H3. The van der Waals surface area contributed by atoms with Gasteiger partial charge in [0.1, 0.15) is 17.1 Å². The number of benzene rings is 1. The number of hydrogen-bond acceptors (Lipinski definition) is 5. The van der Waals surface area contributed by atoms with Crippen molar-refractivity contribution in [3.05, 3.63) is 47.6 Å². The Morgan fingerprint density at radius 2 is 2.10 bits per heavy atom. The number of halogens is 1. The Labute approximate surface area is 120 Å². The number of methoxy groups -OCH3 is 1. The van der Waals surface area contributed by atoms with Gasteiger partial charge in [-0.2, -0.15) is 0 Å². The van der Waals surface area contributed by atoms with Crippen molar-refractivity contribution < 1.29 is 4.74 Å². The Morgan fingerprint density at radius 3 is 2.85 bits per heavy atom. The third kappa shape index (κ3) is 2.33. The first kappa shape index (κ1) is 12.6. The number of tetrazole rings is 1. The molecule has 0 unspecified atom stereocenters. The zero-order chi connectivity index (χ0) is 13.9. The van der Waals surface area contributed by atoms with Gasteiger partial charge in [0.25, 0.3) is 0 Å². The largest absolute Gasteiger partial charge is 0.494 e. The van der Waals surface area contributed by atoms with Crippen LogP contribution in [0.25, 0.3) is 17.2 Å². The lowest BCUT2D eigenvalue weighted by molar-refractivity contribution is 0.409. The van der Waals surface area contributed by atoms with Gasteiger partial charge in [0.15, 0.2) is 0 Å². The summed E-state index contributed by atoms with van der Waals surface area (Å²) in [5, 5.41) is 12.9. The molecule has 7 heteroatoms. The van der Waals surface area contributed by atoms with Crippen LogP contribution in [-0.4, -0.2) is 32.3 Å². The van der Waals surface area contributed by atoms with Crippen molar-refractivity contribution in [1.29, 1.82) is 0 Å². The fraction of sp³-hybridized carbons (Fsp3) is 0.0769. The van der Waals surface area contributed by atoms with Crippen LogP contribution in [-0.2, 0) is 0 Å². The molecule has 3 aromatic rings. The molecule has 2 heterocycles. The SMILES string of the molecule is COc1ccc(Cl)cc1-n1nnc(-c2ccccn2)n1. The van der Waals surface area contributed by atoms with Gasteiger partial charge in [0, 0.05) is 11.2 Å². The Bertz CT molecular complexity index is 729. The number of hydrogen-bond donors (Lipinski definition) is 0. The first-order chi connectivity index (χ1) is 9.78. The van der Waals surface area contributed by atoms with Crippen molar-refractivity contribution in [1.82, 2.24) is 25.2 Å². The normalized spacial score (nSPS) is 10.5. The van der Waals surface area contributed by atoms with Gasteiger partial charge in [0.2, 0.25) is 5.82 Å². The molecule has 0 amide bonds. The van der Waals surface area contributed by atoms with Crippen molar-refractivity contribution in [2.75, 3.05) is 7.11 Å². The summed E-state index contributed by atoms with van der Waals surface area (Å²) in [6.07, 6.45) is 1.68. The Kier molecular flexibility index (Phi) is 3.30. The van der Waals surface area contributed by atoms with Crippen molar-refractivity contribution in [3.63, 3.8) is 0 Å². The highest BCUT2D eigenvalue weighted by atomic mass is 35.5. The van der Waals surface area contributed by atoms with Crippen molar-refractivity contribution >= 4 is 11.6 Å². The van der Waals surface area contributed by atoms with Crippen LogP contribution in [0.4, 0.5) is 0 Å². The molecule has 6 nitrogen and oxygen atoms in total. The van der Waals surface area contributed by atoms with E-state index >= 15 is 0 Å². The lowest BCUT2D eigenvalue weighted by Gasteiger charge is -2.06. The maximum Gasteiger partial charge on any atom is 0.223 e. The Hall–Kier alpha value is -2.47. The molecule has 0 spiro atoms. The van der Waals surface area contributed by atoms with Crippen LogP contribution in [0.2, 0.25) is 5.02 Å². The lowest BCUT2D eigenvalue weighted by atomic mass is 10.3. The van der Waals surface area contributed by atoms with Crippen LogP contribution in [0, 0.1) is 0 Å². The smallest absolute Gasteiger partial charge is 0.223 e. The number of rotatable bonds is 3.